The third-order valence-corrected chi connectivity index (χ3v) is 3.37. The Balaban J connectivity index is 1.98. The molecule has 2 rings (SSSR count). The molecule has 0 atom stereocenters. The molecule has 2 nitrogen and oxygen atoms in total. The topological polar surface area (TPSA) is 29.1 Å². The summed E-state index contributed by atoms with van der Waals surface area (Å²) in [6, 6.07) is 11.4. The Morgan fingerprint density at radius 1 is 1.29 bits per heavy atom. The van der Waals surface area contributed by atoms with E-state index in [1.165, 1.54) is 6.08 Å². The van der Waals surface area contributed by atoms with Crippen LogP contribution in [0.15, 0.2) is 52.3 Å². The monoisotopic (exact) mass is 307 g/mol. The number of amides is 1. The van der Waals surface area contributed by atoms with Crippen LogP contribution in [-0.4, -0.2) is 5.91 Å². The molecular formula is C13H10BrNOS. The minimum Gasteiger partial charge on any atom is -0.322 e. The highest BCUT2D eigenvalue weighted by Gasteiger charge is 1.98. The zero-order chi connectivity index (χ0) is 12.1. The lowest BCUT2D eigenvalue weighted by atomic mass is 10.3. The number of halogens is 1. The number of thiophene rings is 1. The molecule has 1 heterocycles. The number of hydrogen-bond donors (Lipinski definition) is 1. The molecule has 0 aliphatic rings. The van der Waals surface area contributed by atoms with Crippen molar-refractivity contribution in [2.45, 2.75) is 0 Å². The van der Waals surface area contributed by atoms with Gasteiger partial charge in [0.25, 0.3) is 0 Å². The van der Waals surface area contributed by atoms with Gasteiger partial charge in [0.15, 0.2) is 0 Å². The quantitative estimate of drug-likeness (QED) is 0.848. The zero-order valence-corrected chi connectivity index (χ0v) is 11.3. The van der Waals surface area contributed by atoms with Crippen LogP contribution in [0.2, 0.25) is 0 Å². The molecule has 0 fully saturated rings. The van der Waals surface area contributed by atoms with Gasteiger partial charge in [-0.25, -0.2) is 0 Å². The van der Waals surface area contributed by atoms with Crippen LogP contribution in [0.25, 0.3) is 6.08 Å². The predicted molar refractivity (Wildman–Crippen MR) is 76.1 cm³/mol. The van der Waals surface area contributed by atoms with Crippen molar-refractivity contribution in [3.05, 3.63) is 57.2 Å². The van der Waals surface area contributed by atoms with Crippen molar-refractivity contribution in [2.75, 3.05) is 5.32 Å². The Bertz CT molecular complexity index is 534. The van der Waals surface area contributed by atoms with Gasteiger partial charge in [-0.2, -0.15) is 0 Å². The van der Waals surface area contributed by atoms with Crippen LogP contribution < -0.4 is 5.32 Å². The average Bonchev–Trinajstić information content (AvgIpc) is 2.79. The first kappa shape index (κ1) is 12.1. The maximum Gasteiger partial charge on any atom is 0.248 e. The molecule has 0 saturated heterocycles. The first-order valence-corrected chi connectivity index (χ1v) is 6.69. The summed E-state index contributed by atoms with van der Waals surface area (Å²) in [5, 5.41) is 4.77. The minimum atomic E-state index is -0.128. The van der Waals surface area contributed by atoms with Gasteiger partial charge in [-0.05, 0) is 35.7 Å². The van der Waals surface area contributed by atoms with Crippen LogP contribution in [0.4, 0.5) is 5.69 Å². The van der Waals surface area contributed by atoms with E-state index >= 15 is 0 Å². The Kier molecular flexibility index (Phi) is 4.12. The van der Waals surface area contributed by atoms with E-state index in [1.807, 2.05) is 41.8 Å². The molecule has 1 aromatic carbocycles. The van der Waals surface area contributed by atoms with E-state index in [0.29, 0.717) is 0 Å². The lowest BCUT2D eigenvalue weighted by molar-refractivity contribution is -0.111. The SMILES string of the molecule is O=C(/C=C/c1cccs1)Nc1cccc(Br)c1. The molecule has 17 heavy (non-hydrogen) atoms. The van der Waals surface area contributed by atoms with Gasteiger partial charge in [0.2, 0.25) is 5.91 Å². The molecule has 1 amide bonds. The molecule has 1 aromatic heterocycles. The molecule has 0 aliphatic heterocycles. The van der Waals surface area contributed by atoms with Crippen molar-refractivity contribution < 1.29 is 4.79 Å². The van der Waals surface area contributed by atoms with Crippen molar-refractivity contribution in [3.63, 3.8) is 0 Å². The number of carbonyl (C=O) groups excluding carboxylic acids is 1. The summed E-state index contributed by atoms with van der Waals surface area (Å²) in [5.74, 6) is -0.128. The van der Waals surface area contributed by atoms with Gasteiger partial charge in [-0.3, -0.25) is 4.79 Å². The first-order valence-electron chi connectivity index (χ1n) is 5.02. The molecule has 86 valence electrons. The van der Waals surface area contributed by atoms with E-state index in [2.05, 4.69) is 21.2 Å². The third kappa shape index (κ3) is 3.84. The van der Waals surface area contributed by atoms with E-state index < -0.39 is 0 Å². The number of carbonyl (C=O) groups is 1. The van der Waals surface area contributed by atoms with Crippen LogP contribution in [0, 0.1) is 0 Å². The Hall–Kier alpha value is -1.39. The summed E-state index contributed by atoms with van der Waals surface area (Å²) in [4.78, 5) is 12.7. The van der Waals surface area contributed by atoms with Crippen molar-refractivity contribution in [2.24, 2.45) is 0 Å². The Morgan fingerprint density at radius 2 is 2.18 bits per heavy atom. The van der Waals surface area contributed by atoms with E-state index in [1.54, 1.807) is 17.4 Å². The number of nitrogens with one attached hydrogen (secondary N) is 1. The largest absolute Gasteiger partial charge is 0.322 e. The molecule has 0 bridgehead atoms. The molecular weight excluding hydrogens is 298 g/mol. The highest BCUT2D eigenvalue weighted by molar-refractivity contribution is 9.10. The van der Waals surface area contributed by atoms with Gasteiger partial charge >= 0.3 is 0 Å². The van der Waals surface area contributed by atoms with Gasteiger partial charge in [0.05, 0.1) is 0 Å². The molecule has 1 N–H and O–H groups in total. The summed E-state index contributed by atoms with van der Waals surface area (Å²) in [5.41, 5.74) is 0.778. The molecule has 4 heteroatoms. The van der Waals surface area contributed by atoms with Crippen molar-refractivity contribution in [1.82, 2.24) is 0 Å². The molecule has 0 radical (unpaired) electrons. The smallest absolute Gasteiger partial charge is 0.248 e. The Labute approximate surface area is 112 Å². The van der Waals surface area contributed by atoms with E-state index in [4.69, 9.17) is 0 Å². The maximum atomic E-state index is 11.6. The second kappa shape index (κ2) is 5.80. The van der Waals surface area contributed by atoms with Crippen molar-refractivity contribution in [3.8, 4) is 0 Å². The summed E-state index contributed by atoms with van der Waals surface area (Å²) >= 11 is 4.95. The molecule has 0 saturated carbocycles. The fourth-order valence-electron chi connectivity index (χ4n) is 1.29. The van der Waals surface area contributed by atoms with Crippen LogP contribution >= 0.6 is 27.3 Å². The predicted octanol–water partition coefficient (Wildman–Crippen LogP) is 4.16. The molecule has 2 aromatic rings. The maximum absolute atomic E-state index is 11.6. The second-order valence-electron chi connectivity index (χ2n) is 3.35. The summed E-state index contributed by atoms with van der Waals surface area (Å²) in [7, 11) is 0. The number of anilines is 1. The fourth-order valence-corrected chi connectivity index (χ4v) is 2.31. The van der Waals surface area contributed by atoms with E-state index in [9.17, 15) is 4.79 Å². The van der Waals surface area contributed by atoms with Gasteiger partial charge in [0.1, 0.15) is 0 Å². The van der Waals surface area contributed by atoms with Gasteiger partial charge in [0, 0.05) is 21.1 Å². The molecule has 0 unspecified atom stereocenters. The summed E-state index contributed by atoms with van der Waals surface area (Å²) < 4.78 is 0.942. The van der Waals surface area contributed by atoms with Crippen molar-refractivity contribution in [1.29, 1.82) is 0 Å². The second-order valence-corrected chi connectivity index (χ2v) is 5.24. The fraction of sp³-hybridized carbons (Fsp3) is 0. The lowest BCUT2D eigenvalue weighted by Gasteiger charge is -2.01. The van der Waals surface area contributed by atoms with Crippen LogP contribution in [0.3, 0.4) is 0 Å². The van der Waals surface area contributed by atoms with Gasteiger partial charge in [-0.15, -0.1) is 11.3 Å². The van der Waals surface area contributed by atoms with Crippen LogP contribution in [-0.2, 0) is 4.79 Å². The summed E-state index contributed by atoms with van der Waals surface area (Å²) in [6.45, 7) is 0. The third-order valence-electron chi connectivity index (χ3n) is 2.03. The van der Waals surface area contributed by atoms with E-state index in [0.717, 1.165) is 15.0 Å². The van der Waals surface area contributed by atoms with Gasteiger partial charge in [-0.1, -0.05) is 28.1 Å². The Morgan fingerprint density at radius 3 is 2.88 bits per heavy atom. The zero-order valence-electron chi connectivity index (χ0n) is 8.89. The molecule has 0 spiro atoms. The number of benzene rings is 1. The van der Waals surface area contributed by atoms with Crippen LogP contribution in [0.1, 0.15) is 4.88 Å². The normalized spacial score (nSPS) is 10.6. The highest BCUT2D eigenvalue weighted by Crippen LogP contribution is 2.16. The minimum absolute atomic E-state index is 0.128. The average molecular weight is 308 g/mol. The van der Waals surface area contributed by atoms with E-state index in [-0.39, 0.29) is 5.91 Å². The number of rotatable bonds is 3. The summed E-state index contributed by atoms with van der Waals surface area (Å²) in [6.07, 6.45) is 3.34. The van der Waals surface area contributed by atoms with Crippen LogP contribution in [0.5, 0.6) is 0 Å². The van der Waals surface area contributed by atoms with Crippen molar-refractivity contribution >= 4 is 44.9 Å². The molecule has 0 aliphatic carbocycles. The van der Waals surface area contributed by atoms with Gasteiger partial charge < -0.3 is 5.32 Å². The number of hydrogen-bond acceptors (Lipinski definition) is 2. The first-order chi connectivity index (χ1) is 8.24. The standard InChI is InChI=1S/C13H10BrNOS/c14-10-3-1-4-11(9-10)15-13(16)7-6-12-5-2-8-17-12/h1-9H,(H,15,16)/b7-6+. The highest BCUT2D eigenvalue weighted by atomic mass is 79.9. The lowest BCUT2D eigenvalue weighted by Crippen LogP contribution is -2.07.